The van der Waals surface area contributed by atoms with E-state index in [1.807, 2.05) is 0 Å². The second-order valence-corrected chi connectivity index (χ2v) is 5.13. The maximum Gasteiger partial charge on any atom is 0.135 e. The number of rotatable bonds is 1. The van der Waals surface area contributed by atoms with E-state index >= 15 is 0 Å². The van der Waals surface area contributed by atoms with Gasteiger partial charge >= 0.3 is 0 Å². The third-order valence-corrected chi connectivity index (χ3v) is 3.77. The first-order valence-electron chi connectivity index (χ1n) is 6.65. The van der Waals surface area contributed by atoms with E-state index in [2.05, 4.69) is 27.1 Å². The van der Waals surface area contributed by atoms with E-state index in [-0.39, 0.29) is 0 Å². The molecule has 0 bridgehead atoms. The molecule has 1 aliphatic heterocycles. The van der Waals surface area contributed by atoms with E-state index in [4.69, 9.17) is 0 Å². The van der Waals surface area contributed by atoms with Gasteiger partial charge in [0.15, 0.2) is 0 Å². The summed E-state index contributed by atoms with van der Waals surface area (Å²) in [6, 6.07) is 0.554. The number of nitrogens with one attached hydrogen (secondary N) is 1. The molecule has 1 aromatic heterocycles. The van der Waals surface area contributed by atoms with E-state index in [1.165, 1.54) is 29.9 Å². The molecule has 2 aliphatic rings. The van der Waals surface area contributed by atoms with Gasteiger partial charge in [0, 0.05) is 36.9 Å². The second kappa shape index (κ2) is 4.61. The zero-order valence-electron chi connectivity index (χ0n) is 10.4. The molecular weight excluding hydrogens is 212 g/mol. The highest BCUT2D eigenvalue weighted by Crippen LogP contribution is 2.27. The van der Waals surface area contributed by atoms with Crippen molar-refractivity contribution in [2.24, 2.45) is 0 Å². The van der Waals surface area contributed by atoms with Crippen LogP contribution in [0.1, 0.15) is 31.0 Å². The first kappa shape index (κ1) is 11.0. The maximum absolute atomic E-state index is 4.54. The monoisotopic (exact) mass is 232 g/mol. The number of aryl methyl sites for hydroxylation is 1. The summed E-state index contributed by atoms with van der Waals surface area (Å²) in [6.45, 7) is 5.41. The van der Waals surface area contributed by atoms with Gasteiger partial charge in [-0.1, -0.05) is 0 Å². The molecule has 1 N–H and O–H groups in total. The molecule has 1 saturated heterocycles. The zero-order valence-corrected chi connectivity index (χ0v) is 10.4. The molecule has 2 heterocycles. The molecule has 0 aromatic carbocycles. The van der Waals surface area contributed by atoms with Gasteiger partial charge in [-0.2, -0.15) is 0 Å². The van der Waals surface area contributed by atoms with E-state index in [1.54, 1.807) is 6.33 Å². The van der Waals surface area contributed by atoms with Gasteiger partial charge in [-0.15, -0.1) is 0 Å². The zero-order chi connectivity index (χ0) is 11.7. The number of piperazine rings is 1. The van der Waals surface area contributed by atoms with Crippen molar-refractivity contribution in [1.82, 2.24) is 15.3 Å². The first-order chi connectivity index (χ1) is 8.34. The van der Waals surface area contributed by atoms with Gasteiger partial charge < -0.3 is 10.2 Å². The molecule has 3 rings (SSSR count). The Bertz CT molecular complexity index is 404. The number of nitrogens with zero attached hydrogens (tertiary/aromatic N) is 3. The molecular formula is C13H20N4. The van der Waals surface area contributed by atoms with Crippen LogP contribution in [0.2, 0.25) is 0 Å². The van der Waals surface area contributed by atoms with Crippen LogP contribution in [0.5, 0.6) is 0 Å². The van der Waals surface area contributed by atoms with Crippen LogP contribution in [0.15, 0.2) is 6.33 Å². The molecule has 1 fully saturated rings. The summed E-state index contributed by atoms with van der Waals surface area (Å²) in [5.41, 5.74) is 2.69. The minimum absolute atomic E-state index is 0.554. The average molecular weight is 232 g/mol. The highest BCUT2D eigenvalue weighted by atomic mass is 15.2. The predicted molar refractivity (Wildman–Crippen MR) is 68.4 cm³/mol. The predicted octanol–water partition coefficient (Wildman–Crippen LogP) is 1.15. The van der Waals surface area contributed by atoms with Crippen molar-refractivity contribution in [1.29, 1.82) is 0 Å². The second-order valence-electron chi connectivity index (χ2n) is 5.13. The highest BCUT2D eigenvalue weighted by molar-refractivity contribution is 5.50. The van der Waals surface area contributed by atoms with Gasteiger partial charge in [0.2, 0.25) is 0 Å². The smallest absolute Gasteiger partial charge is 0.135 e. The van der Waals surface area contributed by atoms with E-state index in [0.29, 0.717) is 6.04 Å². The average Bonchev–Trinajstić information content (AvgIpc) is 2.38. The molecule has 0 saturated carbocycles. The number of hydrogen-bond donors (Lipinski definition) is 1. The molecule has 92 valence electrons. The van der Waals surface area contributed by atoms with Crippen LogP contribution in [0.3, 0.4) is 0 Å². The van der Waals surface area contributed by atoms with Crippen molar-refractivity contribution in [3.63, 3.8) is 0 Å². The van der Waals surface area contributed by atoms with Gasteiger partial charge in [0.05, 0.1) is 0 Å². The molecule has 17 heavy (non-hydrogen) atoms. The summed E-state index contributed by atoms with van der Waals surface area (Å²) in [4.78, 5) is 11.4. The Morgan fingerprint density at radius 1 is 1.29 bits per heavy atom. The lowest BCUT2D eigenvalue weighted by atomic mass is 9.96. The van der Waals surface area contributed by atoms with Crippen LogP contribution in [0.25, 0.3) is 0 Å². The summed E-state index contributed by atoms with van der Waals surface area (Å²) in [7, 11) is 0. The lowest BCUT2D eigenvalue weighted by Gasteiger charge is -2.34. The molecule has 0 amide bonds. The lowest BCUT2D eigenvalue weighted by Crippen LogP contribution is -2.50. The lowest BCUT2D eigenvalue weighted by molar-refractivity contribution is 0.480. The number of fused-ring (bicyclic) bond motifs is 1. The Balaban J connectivity index is 1.91. The highest BCUT2D eigenvalue weighted by Gasteiger charge is 2.22. The largest absolute Gasteiger partial charge is 0.353 e. The number of aromatic nitrogens is 2. The van der Waals surface area contributed by atoms with Crippen molar-refractivity contribution in [2.45, 2.75) is 38.6 Å². The van der Waals surface area contributed by atoms with Crippen LogP contribution >= 0.6 is 0 Å². The Kier molecular flexibility index (Phi) is 2.97. The van der Waals surface area contributed by atoms with Crippen molar-refractivity contribution >= 4 is 5.82 Å². The molecule has 0 unspecified atom stereocenters. The van der Waals surface area contributed by atoms with E-state index < -0.39 is 0 Å². The van der Waals surface area contributed by atoms with Gasteiger partial charge in [-0.05, 0) is 32.6 Å². The van der Waals surface area contributed by atoms with Crippen LogP contribution in [-0.4, -0.2) is 35.6 Å². The number of anilines is 1. The minimum Gasteiger partial charge on any atom is -0.353 e. The Hall–Kier alpha value is -1.16. The molecule has 1 aromatic rings. The first-order valence-corrected chi connectivity index (χ1v) is 6.65. The van der Waals surface area contributed by atoms with Crippen LogP contribution in [0, 0.1) is 0 Å². The fraction of sp³-hybridized carbons (Fsp3) is 0.692. The molecule has 1 atom stereocenters. The van der Waals surface area contributed by atoms with Crippen LogP contribution < -0.4 is 10.2 Å². The van der Waals surface area contributed by atoms with E-state index in [0.717, 1.165) is 32.5 Å². The standard InChI is InChI=1S/C13H20N4/c1-10-8-17(7-6-14-10)13-11-4-2-3-5-12(11)15-9-16-13/h9-10,14H,2-8H2,1H3/t10-/m1/s1. The van der Waals surface area contributed by atoms with Crippen molar-refractivity contribution in [2.75, 3.05) is 24.5 Å². The minimum atomic E-state index is 0.554. The molecule has 0 radical (unpaired) electrons. The van der Waals surface area contributed by atoms with Gasteiger partial charge in [0.25, 0.3) is 0 Å². The van der Waals surface area contributed by atoms with Crippen molar-refractivity contribution < 1.29 is 0 Å². The Labute approximate surface area is 102 Å². The van der Waals surface area contributed by atoms with Crippen molar-refractivity contribution in [3.05, 3.63) is 17.6 Å². The van der Waals surface area contributed by atoms with Gasteiger partial charge in [-0.25, -0.2) is 9.97 Å². The molecule has 0 spiro atoms. The van der Waals surface area contributed by atoms with Crippen molar-refractivity contribution in [3.8, 4) is 0 Å². The molecule has 4 nitrogen and oxygen atoms in total. The summed E-state index contributed by atoms with van der Waals surface area (Å²) in [5, 5.41) is 3.48. The SMILES string of the molecule is C[C@@H]1CN(c2ncnc3c2CCCC3)CCN1. The summed E-state index contributed by atoms with van der Waals surface area (Å²) in [5.74, 6) is 1.20. The Morgan fingerprint density at radius 3 is 3.06 bits per heavy atom. The summed E-state index contributed by atoms with van der Waals surface area (Å²) < 4.78 is 0. The van der Waals surface area contributed by atoms with Gasteiger partial charge in [0.1, 0.15) is 12.1 Å². The fourth-order valence-electron chi connectivity index (χ4n) is 2.90. The number of hydrogen-bond acceptors (Lipinski definition) is 4. The normalized spacial score (nSPS) is 24.5. The third kappa shape index (κ3) is 2.14. The fourth-order valence-corrected chi connectivity index (χ4v) is 2.90. The maximum atomic E-state index is 4.54. The third-order valence-electron chi connectivity index (χ3n) is 3.77. The van der Waals surface area contributed by atoms with Crippen LogP contribution in [0.4, 0.5) is 5.82 Å². The van der Waals surface area contributed by atoms with Gasteiger partial charge in [-0.3, -0.25) is 0 Å². The molecule has 4 heteroatoms. The van der Waals surface area contributed by atoms with Crippen LogP contribution in [-0.2, 0) is 12.8 Å². The summed E-state index contributed by atoms with van der Waals surface area (Å²) >= 11 is 0. The quantitative estimate of drug-likeness (QED) is 0.788. The Morgan fingerprint density at radius 2 is 2.18 bits per heavy atom. The summed E-state index contributed by atoms with van der Waals surface area (Å²) in [6.07, 6.45) is 6.60. The molecule has 1 aliphatic carbocycles. The van der Waals surface area contributed by atoms with E-state index in [9.17, 15) is 0 Å². The topological polar surface area (TPSA) is 41.1 Å².